The molecule has 0 atom stereocenters. The van der Waals surface area contributed by atoms with E-state index in [1.165, 1.54) is 6.20 Å². The average molecular weight is 223 g/mol. The van der Waals surface area contributed by atoms with Crippen LogP contribution in [0, 0.1) is 12.7 Å². The number of H-pyrrole nitrogens is 1. The van der Waals surface area contributed by atoms with Gasteiger partial charge in [0, 0.05) is 11.7 Å². The normalized spacial score (nSPS) is 12.3. The van der Waals surface area contributed by atoms with Gasteiger partial charge in [0.2, 0.25) is 0 Å². The molecule has 0 saturated heterocycles. The molecule has 16 heavy (non-hydrogen) atoms. The smallest absolute Gasteiger partial charge is 0.263 e. The molecular formula is C11H14FN3O. The van der Waals surface area contributed by atoms with Crippen LogP contribution in [0.2, 0.25) is 0 Å². The fraction of sp³-hybridized carbons (Fsp3) is 0.455. The molecule has 0 fully saturated rings. The van der Waals surface area contributed by atoms with Crippen LogP contribution < -0.4 is 5.56 Å². The fourth-order valence-corrected chi connectivity index (χ4v) is 1.71. The minimum atomic E-state index is -0.529. The van der Waals surface area contributed by atoms with E-state index in [0.29, 0.717) is 11.5 Å². The quantitative estimate of drug-likeness (QED) is 0.741. The van der Waals surface area contributed by atoms with Gasteiger partial charge >= 0.3 is 0 Å². The third kappa shape index (κ3) is 1.52. The van der Waals surface area contributed by atoms with Crippen molar-refractivity contribution in [3.8, 4) is 0 Å². The minimum Gasteiger partial charge on any atom is -0.324 e. The lowest BCUT2D eigenvalue weighted by molar-refractivity contribution is 0.403. The number of aromatic amines is 1. The van der Waals surface area contributed by atoms with Gasteiger partial charge in [-0.2, -0.15) is 0 Å². The second-order valence-corrected chi connectivity index (χ2v) is 4.87. The molecule has 5 heteroatoms. The van der Waals surface area contributed by atoms with Gasteiger partial charge in [0.25, 0.3) is 5.56 Å². The SMILES string of the molecule is Cc1nc2c(c(F)cn2C(C)(C)C)c(=O)[nH]1. The maximum absolute atomic E-state index is 13.6. The van der Waals surface area contributed by atoms with E-state index >= 15 is 0 Å². The zero-order valence-corrected chi connectivity index (χ0v) is 9.76. The van der Waals surface area contributed by atoms with Crippen LogP contribution in [0.5, 0.6) is 0 Å². The molecule has 0 saturated carbocycles. The molecule has 2 aromatic heterocycles. The summed E-state index contributed by atoms with van der Waals surface area (Å²) in [4.78, 5) is 18.3. The van der Waals surface area contributed by atoms with Crippen LogP contribution in [0.3, 0.4) is 0 Å². The lowest BCUT2D eigenvalue weighted by Crippen LogP contribution is -2.22. The highest BCUT2D eigenvalue weighted by atomic mass is 19.1. The number of hydrogen-bond acceptors (Lipinski definition) is 2. The molecule has 0 radical (unpaired) electrons. The van der Waals surface area contributed by atoms with E-state index in [1.54, 1.807) is 11.5 Å². The average Bonchev–Trinajstić information content (AvgIpc) is 2.41. The first-order chi connectivity index (χ1) is 7.30. The number of aromatic nitrogens is 3. The van der Waals surface area contributed by atoms with Gasteiger partial charge < -0.3 is 9.55 Å². The van der Waals surface area contributed by atoms with Crippen LogP contribution in [0.1, 0.15) is 26.6 Å². The topological polar surface area (TPSA) is 50.7 Å². The second-order valence-electron chi connectivity index (χ2n) is 4.87. The molecule has 0 bridgehead atoms. The van der Waals surface area contributed by atoms with E-state index in [2.05, 4.69) is 9.97 Å². The molecule has 0 aliphatic heterocycles. The molecule has 0 aromatic carbocycles. The van der Waals surface area contributed by atoms with Gasteiger partial charge in [0.15, 0.2) is 11.5 Å². The predicted octanol–water partition coefficient (Wildman–Crippen LogP) is 1.93. The highest BCUT2D eigenvalue weighted by Crippen LogP contribution is 2.22. The number of halogens is 1. The van der Waals surface area contributed by atoms with E-state index in [0.717, 1.165) is 0 Å². The summed E-state index contributed by atoms with van der Waals surface area (Å²) in [5.74, 6) is -0.0419. The monoisotopic (exact) mass is 223 g/mol. The second kappa shape index (κ2) is 3.17. The third-order valence-corrected chi connectivity index (χ3v) is 2.45. The summed E-state index contributed by atoms with van der Waals surface area (Å²) >= 11 is 0. The number of fused-ring (bicyclic) bond motifs is 1. The van der Waals surface area contributed by atoms with E-state index in [1.807, 2.05) is 20.8 Å². The Hall–Kier alpha value is -1.65. The standard InChI is InChI=1S/C11H14FN3O/c1-6-13-9-8(10(16)14-6)7(12)5-15(9)11(2,3)4/h5H,1-4H3,(H,13,14,16). The largest absolute Gasteiger partial charge is 0.324 e. The van der Waals surface area contributed by atoms with Crippen molar-refractivity contribution in [3.63, 3.8) is 0 Å². The summed E-state index contributed by atoms with van der Waals surface area (Å²) in [6.07, 6.45) is 1.33. The Kier molecular flexibility index (Phi) is 2.15. The van der Waals surface area contributed by atoms with Gasteiger partial charge in [-0.05, 0) is 27.7 Å². The number of nitrogens with zero attached hydrogens (tertiary/aromatic N) is 2. The van der Waals surface area contributed by atoms with Crippen LogP contribution in [0.4, 0.5) is 4.39 Å². The van der Waals surface area contributed by atoms with Crippen LogP contribution in [0.15, 0.2) is 11.0 Å². The van der Waals surface area contributed by atoms with Crippen molar-refractivity contribution in [1.82, 2.24) is 14.5 Å². The summed E-state index contributed by atoms with van der Waals surface area (Å²) in [6.45, 7) is 7.48. The molecule has 0 aliphatic rings. The van der Waals surface area contributed by atoms with Gasteiger partial charge in [0.1, 0.15) is 11.2 Å². The van der Waals surface area contributed by atoms with Crippen molar-refractivity contribution in [3.05, 3.63) is 28.2 Å². The van der Waals surface area contributed by atoms with E-state index in [9.17, 15) is 9.18 Å². The van der Waals surface area contributed by atoms with Gasteiger partial charge in [-0.3, -0.25) is 4.79 Å². The Balaban J connectivity index is 2.95. The molecule has 0 spiro atoms. The first-order valence-electron chi connectivity index (χ1n) is 5.08. The zero-order valence-electron chi connectivity index (χ0n) is 9.76. The van der Waals surface area contributed by atoms with Gasteiger partial charge in [-0.15, -0.1) is 0 Å². The Morgan fingerprint density at radius 1 is 1.44 bits per heavy atom. The first-order valence-corrected chi connectivity index (χ1v) is 5.08. The van der Waals surface area contributed by atoms with Crippen molar-refractivity contribution in [2.75, 3.05) is 0 Å². The Morgan fingerprint density at radius 2 is 2.06 bits per heavy atom. The molecule has 0 aliphatic carbocycles. The summed E-state index contributed by atoms with van der Waals surface area (Å²) in [6, 6.07) is 0. The predicted molar refractivity (Wildman–Crippen MR) is 60.0 cm³/mol. The zero-order chi connectivity index (χ0) is 12.1. The molecule has 1 N–H and O–H groups in total. The molecule has 2 heterocycles. The van der Waals surface area contributed by atoms with Crippen molar-refractivity contribution in [1.29, 1.82) is 0 Å². The van der Waals surface area contributed by atoms with Crippen LogP contribution >= 0.6 is 0 Å². The molecule has 86 valence electrons. The van der Waals surface area contributed by atoms with Gasteiger partial charge in [-0.1, -0.05) is 0 Å². The Morgan fingerprint density at radius 3 is 2.62 bits per heavy atom. The Bertz CT molecular complexity index is 604. The number of rotatable bonds is 0. The lowest BCUT2D eigenvalue weighted by Gasteiger charge is -2.21. The van der Waals surface area contributed by atoms with Crippen LogP contribution in [-0.2, 0) is 5.54 Å². The van der Waals surface area contributed by atoms with Gasteiger partial charge in [0.05, 0.1) is 0 Å². The van der Waals surface area contributed by atoms with Crippen molar-refractivity contribution in [2.24, 2.45) is 0 Å². The lowest BCUT2D eigenvalue weighted by atomic mass is 10.1. The van der Waals surface area contributed by atoms with Crippen molar-refractivity contribution >= 4 is 11.0 Å². The van der Waals surface area contributed by atoms with Crippen molar-refractivity contribution in [2.45, 2.75) is 33.2 Å². The van der Waals surface area contributed by atoms with E-state index in [-0.39, 0.29) is 10.9 Å². The number of hydrogen-bond donors (Lipinski definition) is 1. The summed E-state index contributed by atoms with van der Waals surface area (Å²) in [5.41, 5.74) is -0.343. The fourth-order valence-electron chi connectivity index (χ4n) is 1.71. The maximum Gasteiger partial charge on any atom is 0.263 e. The number of nitrogens with one attached hydrogen (secondary N) is 1. The number of aryl methyl sites for hydroxylation is 1. The molecule has 4 nitrogen and oxygen atoms in total. The molecule has 0 amide bonds. The molecular weight excluding hydrogens is 209 g/mol. The molecule has 2 rings (SSSR count). The molecule has 2 aromatic rings. The van der Waals surface area contributed by atoms with Crippen LogP contribution in [-0.4, -0.2) is 14.5 Å². The molecule has 0 unspecified atom stereocenters. The van der Waals surface area contributed by atoms with E-state index in [4.69, 9.17) is 0 Å². The van der Waals surface area contributed by atoms with Gasteiger partial charge in [-0.25, -0.2) is 9.37 Å². The third-order valence-electron chi connectivity index (χ3n) is 2.45. The first kappa shape index (κ1) is 10.9. The summed E-state index contributed by atoms with van der Waals surface area (Å²) < 4.78 is 15.3. The maximum atomic E-state index is 13.6. The minimum absolute atomic E-state index is 0.0283. The summed E-state index contributed by atoms with van der Waals surface area (Å²) in [7, 11) is 0. The highest BCUT2D eigenvalue weighted by molar-refractivity contribution is 5.76. The Labute approximate surface area is 92.1 Å². The van der Waals surface area contributed by atoms with Crippen molar-refractivity contribution < 1.29 is 4.39 Å². The van der Waals surface area contributed by atoms with E-state index < -0.39 is 11.4 Å². The van der Waals surface area contributed by atoms with Crippen LogP contribution in [0.25, 0.3) is 11.0 Å². The summed E-state index contributed by atoms with van der Waals surface area (Å²) in [5, 5.41) is 0.0283. The highest BCUT2D eigenvalue weighted by Gasteiger charge is 2.21.